The molecule has 0 fully saturated rings. The number of aliphatic hydroxyl groups excluding tert-OH is 1. The number of hydrogen-bond donors (Lipinski definition) is 2. The topological polar surface area (TPSA) is 56.0 Å². The molecule has 2 N–H and O–H groups in total. The molecule has 12 heavy (non-hydrogen) atoms. The molecule has 0 rings (SSSR count). The molecule has 0 saturated heterocycles. The first-order chi connectivity index (χ1) is 5.68. The number of rotatable bonds is 6. The van der Waals surface area contributed by atoms with Gasteiger partial charge in [-0.25, -0.2) is 0 Å². The van der Waals surface area contributed by atoms with Crippen LogP contribution in [-0.4, -0.2) is 23.8 Å². The van der Waals surface area contributed by atoms with E-state index >= 15 is 0 Å². The van der Waals surface area contributed by atoms with Gasteiger partial charge < -0.3 is 10.4 Å². The first-order valence-corrected chi connectivity index (χ1v) is 4.41. The summed E-state index contributed by atoms with van der Waals surface area (Å²) < 4.78 is 0. The van der Waals surface area contributed by atoms with E-state index in [-0.39, 0.29) is 12.1 Å². The lowest BCUT2D eigenvalue weighted by atomic mass is 10.0. The molecule has 0 aromatic heterocycles. The molecular weight excluding hydrogens is 152 g/mol. The fourth-order valence-corrected chi connectivity index (χ4v) is 0.850. The highest BCUT2D eigenvalue weighted by Crippen LogP contribution is 2.07. The third kappa shape index (κ3) is 4.32. The van der Waals surface area contributed by atoms with Crippen LogP contribution in [0.3, 0.4) is 0 Å². The van der Waals surface area contributed by atoms with Crippen LogP contribution in [0.5, 0.6) is 0 Å². The Morgan fingerprint density at radius 1 is 1.58 bits per heavy atom. The van der Waals surface area contributed by atoms with Crippen molar-refractivity contribution >= 4 is 0 Å². The molecule has 3 heteroatoms. The molecule has 0 aliphatic heterocycles. The van der Waals surface area contributed by atoms with Gasteiger partial charge in [0.2, 0.25) is 0 Å². The van der Waals surface area contributed by atoms with Crippen LogP contribution in [0.15, 0.2) is 0 Å². The molecule has 0 heterocycles. The normalized spacial score (nSPS) is 15.2. The summed E-state index contributed by atoms with van der Waals surface area (Å²) in [6.07, 6.45) is 2.33. The van der Waals surface area contributed by atoms with Crippen molar-refractivity contribution < 1.29 is 5.11 Å². The van der Waals surface area contributed by atoms with Crippen molar-refractivity contribution in [2.75, 3.05) is 13.2 Å². The lowest BCUT2D eigenvalue weighted by Gasteiger charge is -2.27. The van der Waals surface area contributed by atoms with Gasteiger partial charge in [0.15, 0.2) is 0 Å². The summed E-state index contributed by atoms with van der Waals surface area (Å²) in [5.74, 6) is 0. The molecule has 0 saturated carbocycles. The molecule has 0 aromatic carbocycles. The van der Waals surface area contributed by atoms with Gasteiger partial charge in [0, 0.05) is 12.0 Å². The maximum atomic E-state index is 9.01. The van der Waals surface area contributed by atoms with Gasteiger partial charge in [-0.05, 0) is 26.3 Å². The van der Waals surface area contributed by atoms with E-state index in [1.165, 1.54) is 0 Å². The van der Waals surface area contributed by atoms with Crippen molar-refractivity contribution in [1.29, 1.82) is 5.26 Å². The molecule has 3 nitrogen and oxygen atoms in total. The van der Waals surface area contributed by atoms with Gasteiger partial charge in [-0.1, -0.05) is 6.92 Å². The number of nitrogens with one attached hydrogen (secondary N) is 1. The average molecular weight is 170 g/mol. The molecule has 0 radical (unpaired) electrons. The van der Waals surface area contributed by atoms with Crippen LogP contribution in [0.2, 0.25) is 0 Å². The Labute approximate surface area is 74.4 Å². The van der Waals surface area contributed by atoms with Gasteiger partial charge in [-0.2, -0.15) is 5.26 Å². The predicted molar refractivity (Wildman–Crippen MR) is 48.6 cm³/mol. The molecule has 0 amide bonds. The van der Waals surface area contributed by atoms with Gasteiger partial charge in [0.25, 0.3) is 0 Å². The molecular formula is C9H18N2O. The van der Waals surface area contributed by atoms with Crippen molar-refractivity contribution in [2.45, 2.75) is 38.6 Å². The average Bonchev–Trinajstić information content (AvgIpc) is 2.12. The predicted octanol–water partition coefficient (Wildman–Crippen LogP) is 1.04. The standard InChI is InChI=1S/C9H18N2O/c1-3-9(2,8-12)11-7-5-4-6-10/h11-12H,3-5,7-8H2,1-2H3. The van der Waals surface area contributed by atoms with Crippen molar-refractivity contribution in [1.82, 2.24) is 5.32 Å². The van der Waals surface area contributed by atoms with Crippen LogP contribution in [0.25, 0.3) is 0 Å². The molecule has 0 aromatic rings. The summed E-state index contributed by atoms with van der Waals surface area (Å²) in [5, 5.41) is 20.5. The van der Waals surface area contributed by atoms with E-state index < -0.39 is 0 Å². The summed E-state index contributed by atoms with van der Waals surface area (Å²) in [4.78, 5) is 0. The summed E-state index contributed by atoms with van der Waals surface area (Å²) in [5.41, 5.74) is -0.171. The maximum absolute atomic E-state index is 9.01. The van der Waals surface area contributed by atoms with Crippen LogP contribution in [0, 0.1) is 11.3 Å². The first kappa shape index (κ1) is 11.4. The fourth-order valence-electron chi connectivity index (χ4n) is 0.850. The zero-order chi connectivity index (χ0) is 9.45. The monoisotopic (exact) mass is 170 g/mol. The Morgan fingerprint density at radius 2 is 2.25 bits per heavy atom. The molecule has 0 aliphatic carbocycles. The maximum Gasteiger partial charge on any atom is 0.0622 e. The lowest BCUT2D eigenvalue weighted by Crippen LogP contribution is -2.45. The van der Waals surface area contributed by atoms with Crippen molar-refractivity contribution in [3.05, 3.63) is 0 Å². The third-order valence-corrected chi connectivity index (χ3v) is 2.15. The smallest absolute Gasteiger partial charge is 0.0622 e. The van der Waals surface area contributed by atoms with E-state index in [0.717, 1.165) is 19.4 Å². The number of nitrogens with zero attached hydrogens (tertiary/aromatic N) is 1. The lowest BCUT2D eigenvalue weighted by molar-refractivity contribution is 0.170. The Hall–Kier alpha value is -0.590. The van der Waals surface area contributed by atoms with Crippen molar-refractivity contribution in [3.8, 4) is 6.07 Å². The van der Waals surface area contributed by atoms with Crippen LogP contribution in [0.4, 0.5) is 0 Å². The van der Waals surface area contributed by atoms with E-state index in [9.17, 15) is 0 Å². The molecule has 1 atom stereocenters. The van der Waals surface area contributed by atoms with Crippen molar-refractivity contribution in [2.24, 2.45) is 0 Å². The summed E-state index contributed by atoms with van der Waals surface area (Å²) in [7, 11) is 0. The Morgan fingerprint density at radius 3 is 2.67 bits per heavy atom. The Bertz CT molecular complexity index is 147. The second-order valence-electron chi connectivity index (χ2n) is 3.26. The second-order valence-corrected chi connectivity index (χ2v) is 3.26. The van der Waals surface area contributed by atoms with Crippen LogP contribution >= 0.6 is 0 Å². The molecule has 0 spiro atoms. The fraction of sp³-hybridized carbons (Fsp3) is 0.889. The zero-order valence-corrected chi connectivity index (χ0v) is 7.93. The van der Waals surface area contributed by atoms with E-state index in [0.29, 0.717) is 6.42 Å². The summed E-state index contributed by atoms with van der Waals surface area (Å²) in [6, 6.07) is 2.09. The molecule has 70 valence electrons. The quantitative estimate of drug-likeness (QED) is 0.586. The first-order valence-electron chi connectivity index (χ1n) is 4.41. The minimum atomic E-state index is -0.171. The van der Waals surface area contributed by atoms with Gasteiger partial charge in [-0.3, -0.25) is 0 Å². The minimum Gasteiger partial charge on any atom is -0.394 e. The van der Waals surface area contributed by atoms with E-state index in [2.05, 4.69) is 11.4 Å². The summed E-state index contributed by atoms with van der Waals surface area (Å²) in [6.45, 7) is 4.97. The van der Waals surface area contributed by atoms with Crippen LogP contribution in [-0.2, 0) is 0 Å². The van der Waals surface area contributed by atoms with Gasteiger partial charge >= 0.3 is 0 Å². The Kier molecular flexibility index (Phi) is 5.69. The van der Waals surface area contributed by atoms with Crippen LogP contribution < -0.4 is 5.32 Å². The Balaban J connectivity index is 3.53. The number of unbranched alkanes of at least 4 members (excludes halogenated alkanes) is 1. The largest absolute Gasteiger partial charge is 0.394 e. The van der Waals surface area contributed by atoms with Crippen LogP contribution in [0.1, 0.15) is 33.1 Å². The van der Waals surface area contributed by atoms with Gasteiger partial charge in [0.1, 0.15) is 0 Å². The molecule has 1 unspecified atom stereocenters. The second kappa shape index (κ2) is 5.99. The highest BCUT2D eigenvalue weighted by Gasteiger charge is 2.18. The molecule has 0 bridgehead atoms. The van der Waals surface area contributed by atoms with E-state index in [1.54, 1.807) is 0 Å². The van der Waals surface area contributed by atoms with Crippen molar-refractivity contribution in [3.63, 3.8) is 0 Å². The number of aliphatic hydroxyl groups is 1. The highest BCUT2D eigenvalue weighted by molar-refractivity contribution is 4.81. The summed E-state index contributed by atoms with van der Waals surface area (Å²) >= 11 is 0. The number of nitriles is 1. The minimum absolute atomic E-state index is 0.149. The third-order valence-electron chi connectivity index (χ3n) is 2.15. The highest BCUT2D eigenvalue weighted by atomic mass is 16.3. The van der Waals surface area contributed by atoms with Gasteiger partial charge in [-0.15, -0.1) is 0 Å². The van der Waals surface area contributed by atoms with E-state index in [1.807, 2.05) is 13.8 Å². The molecule has 0 aliphatic rings. The zero-order valence-electron chi connectivity index (χ0n) is 7.93. The SMILES string of the molecule is CCC(C)(CO)NCCCC#N. The van der Waals surface area contributed by atoms with Gasteiger partial charge in [0.05, 0.1) is 12.7 Å². The number of hydrogen-bond acceptors (Lipinski definition) is 3. The van der Waals surface area contributed by atoms with E-state index in [4.69, 9.17) is 10.4 Å².